The minimum absolute atomic E-state index is 0.231. The van der Waals surface area contributed by atoms with Crippen molar-refractivity contribution in [2.24, 2.45) is 0 Å². The fourth-order valence-electron chi connectivity index (χ4n) is 2.38. The van der Waals surface area contributed by atoms with E-state index in [1.807, 2.05) is 27.8 Å². The van der Waals surface area contributed by atoms with Gasteiger partial charge in [0.2, 0.25) is 0 Å². The summed E-state index contributed by atoms with van der Waals surface area (Å²) in [4.78, 5) is 7.54. The number of hydrogen-bond donors (Lipinski definition) is 2. The molecule has 0 unspecified atom stereocenters. The molecule has 22 heavy (non-hydrogen) atoms. The van der Waals surface area contributed by atoms with Gasteiger partial charge in [0.15, 0.2) is 0 Å². The smallest absolute Gasteiger partial charge is 0.135 e. The summed E-state index contributed by atoms with van der Waals surface area (Å²) in [5.74, 6) is 0.579. The Morgan fingerprint density at radius 1 is 1.45 bits per heavy atom. The molecule has 1 aliphatic rings. The number of ether oxygens (including phenoxy) is 1. The molecule has 0 saturated heterocycles. The van der Waals surface area contributed by atoms with Crippen LogP contribution in [0.25, 0.3) is 16.1 Å². The number of hydrogen-bond acceptors (Lipinski definition) is 6. The average molecular weight is 335 g/mol. The van der Waals surface area contributed by atoms with E-state index in [9.17, 15) is 5.11 Å². The topological polar surface area (TPSA) is 69.4 Å². The van der Waals surface area contributed by atoms with Crippen LogP contribution >= 0.6 is 22.7 Å². The highest BCUT2D eigenvalue weighted by Crippen LogP contribution is 2.33. The summed E-state index contributed by atoms with van der Waals surface area (Å²) in [6.45, 7) is 1.73. The molecule has 0 radical (unpaired) electrons. The van der Waals surface area contributed by atoms with Crippen molar-refractivity contribution in [2.75, 3.05) is 26.8 Å². The number of amidine groups is 1. The van der Waals surface area contributed by atoms with E-state index >= 15 is 0 Å². The molecule has 0 spiro atoms. The molecule has 0 amide bonds. The molecule has 5 nitrogen and oxygen atoms in total. The van der Waals surface area contributed by atoms with Crippen molar-refractivity contribution in [3.05, 3.63) is 33.7 Å². The van der Waals surface area contributed by atoms with Crippen LogP contribution in [0.3, 0.4) is 0 Å². The molecular weight excluding hydrogens is 318 g/mol. The fourth-order valence-corrected chi connectivity index (χ4v) is 4.02. The lowest BCUT2D eigenvalue weighted by molar-refractivity contribution is 0.186. The Kier molecular flexibility index (Phi) is 4.56. The van der Waals surface area contributed by atoms with Crippen LogP contribution in [0.2, 0.25) is 0 Å². The molecule has 0 atom stereocenters. The second-order valence-corrected chi connectivity index (χ2v) is 6.76. The number of methoxy groups -OCH3 is 1. The van der Waals surface area contributed by atoms with E-state index in [1.165, 1.54) is 11.3 Å². The zero-order valence-electron chi connectivity index (χ0n) is 12.2. The van der Waals surface area contributed by atoms with Gasteiger partial charge in [-0.15, -0.1) is 22.7 Å². The lowest BCUT2D eigenvalue weighted by Crippen LogP contribution is -2.28. The van der Waals surface area contributed by atoms with E-state index in [1.54, 1.807) is 18.4 Å². The highest BCUT2D eigenvalue weighted by Gasteiger charge is 2.29. The van der Waals surface area contributed by atoms with Crippen LogP contribution in [-0.2, 0) is 4.74 Å². The molecule has 0 aliphatic carbocycles. The Labute approximate surface area is 137 Å². The van der Waals surface area contributed by atoms with Gasteiger partial charge < -0.3 is 14.7 Å². The number of aliphatic hydroxyl groups is 1. The SMILES string of the molecule is COCCCN1CC(O)=C(c2nc(-c3cccs3)cs2)C1=N. The quantitative estimate of drug-likeness (QED) is 0.793. The van der Waals surface area contributed by atoms with Gasteiger partial charge in [-0.25, -0.2) is 4.98 Å². The Morgan fingerprint density at radius 2 is 2.32 bits per heavy atom. The molecular formula is C15H17N3O2S2. The van der Waals surface area contributed by atoms with E-state index in [4.69, 9.17) is 10.1 Å². The second kappa shape index (κ2) is 6.60. The van der Waals surface area contributed by atoms with Gasteiger partial charge in [-0.2, -0.15) is 0 Å². The Bertz CT molecular complexity index is 691. The molecule has 7 heteroatoms. The van der Waals surface area contributed by atoms with Crippen molar-refractivity contribution in [1.29, 1.82) is 5.41 Å². The third-order valence-electron chi connectivity index (χ3n) is 3.45. The van der Waals surface area contributed by atoms with Crippen molar-refractivity contribution in [3.8, 4) is 10.6 Å². The number of nitrogens with zero attached hydrogens (tertiary/aromatic N) is 2. The fraction of sp³-hybridized carbons (Fsp3) is 0.333. The summed E-state index contributed by atoms with van der Waals surface area (Å²) >= 11 is 3.10. The first kappa shape index (κ1) is 15.2. The molecule has 3 heterocycles. The zero-order chi connectivity index (χ0) is 15.5. The van der Waals surface area contributed by atoms with Gasteiger partial charge in [0.05, 0.1) is 22.7 Å². The Balaban J connectivity index is 1.77. The number of thiophene rings is 1. The normalized spacial score (nSPS) is 15.1. The predicted octanol–water partition coefficient (Wildman–Crippen LogP) is 3.47. The van der Waals surface area contributed by atoms with Gasteiger partial charge in [-0.05, 0) is 17.9 Å². The van der Waals surface area contributed by atoms with Gasteiger partial charge >= 0.3 is 0 Å². The highest BCUT2D eigenvalue weighted by atomic mass is 32.1. The maximum absolute atomic E-state index is 10.2. The lowest BCUT2D eigenvalue weighted by atomic mass is 10.2. The standard InChI is InChI=1S/C15H17N3O2S2/c1-20-6-3-5-18-8-11(19)13(14(18)16)15-17-10(9-22-15)12-4-2-7-21-12/h2,4,7,9,16,19H,3,5-6,8H2,1H3. The van der Waals surface area contributed by atoms with Crippen molar-refractivity contribution >= 4 is 34.1 Å². The number of thiazole rings is 1. The number of rotatable bonds is 6. The summed E-state index contributed by atoms with van der Waals surface area (Å²) in [6, 6.07) is 4.01. The molecule has 0 aromatic carbocycles. The van der Waals surface area contributed by atoms with Gasteiger partial charge in [0.1, 0.15) is 16.6 Å². The summed E-state index contributed by atoms with van der Waals surface area (Å²) in [7, 11) is 1.66. The number of nitrogens with one attached hydrogen (secondary N) is 1. The van der Waals surface area contributed by atoms with E-state index < -0.39 is 0 Å². The average Bonchev–Trinajstić information content (AvgIpc) is 3.20. The van der Waals surface area contributed by atoms with Crippen LogP contribution in [0, 0.1) is 5.41 Å². The van der Waals surface area contributed by atoms with Crippen molar-refractivity contribution in [1.82, 2.24) is 9.88 Å². The monoisotopic (exact) mass is 335 g/mol. The van der Waals surface area contributed by atoms with E-state index in [0.29, 0.717) is 36.1 Å². The summed E-state index contributed by atoms with van der Waals surface area (Å²) < 4.78 is 5.04. The predicted molar refractivity (Wildman–Crippen MR) is 90.8 cm³/mol. The van der Waals surface area contributed by atoms with Crippen LogP contribution < -0.4 is 0 Å². The number of aliphatic hydroxyl groups excluding tert-OH is 1. The molecule has 0 bridgehead atoms. The van der Waals surface area contributed by atoms with Gasteiger partial charge in [0, 0.05) is 25.6 Å². The zero-order valence-corrected chi connectivity index (χ0v) is 13.8. The van der Waals surface area contributed by atoms with Gasteiger partial charge in [0.25, 0.3) is 0 Å². The van der Waals surface area contributed by atoms with Gasteiger partial charge in [-0.1, -0.05) is 6.07 Å². The van der Waals surface area contributed by atoms with E-state index in [2.05, 4.69) is 4.98 Å². The van der Waals surface area contributed by atoms with Crippen LogP contribution in [0.15, 0.2) is 28.7 Å². The molecule has 2 aromatic rings. The minimum Gasteiger partial charge on any atom is -0.510 e. The second-order valence-electron chi connectivity index (χ2n) is 4.95. The summed E-state index contributed by atoms with van der Waals surface area (Å²) in [5, 5.41) is 23.2. The Hall–Kier alpha value is -1.70. The van der Waals surface area contributed by atoms with Crippen molar-refractivity contribution in [2.45, 2.75) is 6.42 Å². The molecule has 116 valence electrons. The molecule has 1 aliphatic heterocycles. The van der Waals surface area contributed by atoms with Crippen LogP contribution in [0.5, 0.6) is 0 Å². The first-order valence-electron chi connectivity index (χ1n) is 6.95. The lowest BCUT2D eigenvalue weighted by Gasteiger charge is -2.17. The molecule has 3 rings (SSSR count). The van der Waals surface area contributed by atoms with Gasteiger partial charge in [-0.3, -0.25) is 5.41 Å². The minimum atomic E-state index is 0.231. The molecule has 0 fully saturated rings. The van der Waals surface area contributed by atoms with E-state index in [-0.39, 0.29) is 5.76 Å². The van der Waals surface area contributed by atoms with Crippen LogP contribution in [-0.4, -0.2) is 47.6 Å². The first-order chi connectivity index (χ1) is 10.7. The first-order valence-corrected chi connectivity index (χ1v) is 8.71. The van der Waals surface area contributed by atoms with Crippen molar-refractivity contribution < 1.29 is 9.84 Å². The Morgan fingerprint density at radius 3 is 3.05 bits per heavy atom. The largest absolute Gasteiger partial charge is 0.510 e. The highest BCUT2D eigenvalue weighted by molar-refractivity contribution is 7.14. The number of aromatic nitrogens is 1. The van der Waals surface area contributed by atoms with Crippen LogP contribution in [0.4, 0.5) is 0 Å². The van der Waals surface area contributed by atoms with Crippen LogP contribution in [0.1, 0.15) is 11.4 Å². The third-order valence-corrected chi connectivity index (χ3v) is 5.20. The maximum Gasteiger partial charge on any atom is 0.135 e. The van der Waals surface area contributed by atoms with E-state index in [0.717, 1.165) is 17.0 Å². The maximum atomic E-state index is 10.2. The molecule has 0 saturated carbocycles. The summed E-state index contributed by atoms with van der Waals surface area (Å²) in [5.41, 5.74) is 1.46. The molecule has 2 aromatic heterocycles. The summed E-state index contributed by atoms with van der Waals surface area (Å²) in [6.07, 6.45) is 0.831. The van der Waals surface area contributed by atoms with Crippen molar-refractivity contribution in [3.63, 3.8) is 0 Å². The third kappa shape index (κ3) is 2.92. The molecule has 2 N–H and O–H groups in total.